The molecule has 0 saturated carbocycles. The number of hydrogen-bond donors (Lipinski definition) is 2. The van der Waals surface area contributed by atoms with E-state index in [2.05, 4.69) is 22.6 Å². The lowest BCUT2D eigenvalue weighted by Crippen LogP contribution is -2.44. The summed E-state index contributed by atoms with van der Waals surface area (Å²) in [6.07, 6.45) is 3.70. The zero-order valence-corrected chi connectivity index (χ0v) is 12.5. The molecule has 1 aliphatic rings. The normalized spacial score (nSPS) is 19.6. The van der Waals surface area contributed by atoms with Crippen LogP contribution >= 0.6 is 0 Å². The quantitative estimate of drug-likeness (QED) is 0.867. The fraction of sp³-hybridized carbons (Fsp3) is 0.562. The van der Waals surface area contributed by atoms with Gasteiger partial charge in [0.1, 0.15) is 0 Å². The van der Waals surface area contributed by atoms with E-state index in [0.717, 1.165) is 30.9 Å². The van der Waals surface area contributed by atoms with Crippen LogP contribution in [0.5, 0.6) is 0 Å². The summed E-state index contributed by atoms with van der Waals surface area (Å²) in [5.41, 5.74) is 1.64. The van der Waals surface area contributed by atoms with Crippen LogP contribution in [0.2, 0.25) is 0 Å². The van der Waals surface area contributed by atoms with E-state index in [1.165, 1.54) is 19.3 Å². The molecular formula is C16H25N3O. The maximum Gasteiger partial charge on any atom is 0.253 e. The third-order valence-electron chi connectivity index (χ3n) is 3.96. The molecule has 20 heavy (non-hydrogen) atoms. The summed E-state index contributed by atoms with van der Waals surface area (Å²) in [5.74, 6) is 0.0144. The molecule has 2 rings (SSSR count). The maximum absolute atomic E-state index is 12.3. The minimum Gasteiger partial charge on any atom is -0.385 e. The van der Waals surface area contributed by atoms with Gasteiger partial charge < -0.3 is 15.5 Å². The predicted molar refractivity (Wildman–Crippen MR) is 83.2 cm³/mol. The molecule has 0 spiro atoms. The van der Waals surface area contributed by atoms with Crippen molar-refractivity contribution in [3.63, 3.8) is 0 Å². The van der Waals surface area contributed by atoms with Gasteiger partial charge in [-0.3, -0.25) is 4.79 Å². The van der Waals surface area contributed by atoms with E-state index >= 15 is 0 Å². The molecule has 1 fully saturated rings. The second-order valence-electron chi connectivity index (χ2n) is 5.42. The molecule has 4 heteroatoms. The SMILES string of the molecule is CCNc1ccccc1C(=O)NCC1CCCCN1C. The Bertz CT molecular complexity index is 447. The number of piperidine rings is 1. The highest BCUT2D eigenvalue weighted by atomic mass is 16.1. The highest BCUT2D eigenvalue weighted by molar-refractivity contribution is 5.99. The number of nitrogens with zero attached hydrogens (tertiary/aromatic N) is 1. The number of para-hydroxylation sites is 1. The van der Waals surface area contributed by atoms with E-state index in [1.807, 2.05) is 31.2 Å². The average molecular weight is 275 g/mol. The average Bonchev–Trinajstić information content (AvgIpc) is 2.47. The summed E-state index contributed by atoms with van der Waals surface area (Å²) in [6, 6.07) is 8.15. The maximum atomic E-state index is 12.3. The Morgan fingerprint density at radius 3 is 2.90 bits per heavy atom. The van der Waals surface area contributed by atoms with Crippen LogP contribution in [0, 0.1) is 0 Å². The molecule has 4 nitrogen and oxygen atoms in total. The molecule has 0 aromatic heterocycles. The number of hydrogen-bond acceptors (Lipinski definition) is 3. The first-order chi connectivity index (χ1) is 9.72. The number of nitrogens with one attached hydrogen (secondary N) is 2. The van der Waals surface area contributed by atoms with Gasteiger partial charge in [0.2, 0.25) is 0 Å². The van der Waals surface area contributed by atoms with Crippen molar-refractivity contribution in [1.82, 2.24) is 10.2 Å². The second kappa shape index (κ2) is 7.29. The summed E-state index contributed by atoms with van der Waals surface area (Å²) in [5, 5.41) is 6.31. The van der Waals surface area contributed by atoms with Gasteiger partial charge in [0, 0.05) is 24.8 Å². The van der Waals surface area contributed by atoms with Crippen LogP contribution in [0.4, 0.5) is 5.69 Å². The fourth-order valence-electron chi connectivity index (χ4n) is 2.73. The van der Waals surface area contributed by atoms with Crippen molar-refractivity contribution in [1.29, 1.82) is 0 Å². The van der Waals surface area contributed by atoms with Crippen LogP contribution in [0.1, 0.15) is 36.5 Å². The van der Waals surface area contributed by atoms with Crippen molar-refractivity contribution in [2.45, 2.75) is 32.2 Å². The summed E-state index contributed by atoms with van der Waals surface area (Å²) >= 11 is 0. The molecule has 1 aliphatic heterocycles. The zero-order chi connectivity index (χ0) is 14.4. The van der Waals surface area contributed by atoms with Crippen LogP contribution in [0.3, 0.4) is 0 Å². The zero-order valence-electron chi connectivity index (χ0n) is 12.5. The van der Waals surface area contributed by atoms with Gasteiger partial charge in [0.05, 0.1) is 5.56 Å². The summed E-state index contributed by atoms with van der Waals surface area (Å²) in [6.45, 7) is 4.71. The number of amides is 1. The van der Waals surface area contributed by atoms with Crippen molar-refractivity contribution < 1.29 is 4.79 Å². The molecular weight excluding hydrogens is 250 g/mol. The van der Waals surface area contributed by atoms with E-state index in [4.69, 9.17) is 0 Å². The van der Waals surface area contributed by atoms with Gasteiger partial charge in [-0.1, -0.05) is 18.6 Å². The molecule has 0 radical (unpaired) electrons. The van der Waals surface area contributed by atoms with E-state index in [0.29, 0.717) is 6.04 Å². The van der Waals surface area contributed by atoms with Crippen molar-refractivity contribution in [3.8, 4) is 0 Å². The number of likely N-dealkylation sites (tertiary alicyclic amines) is 1. The number of likely N-dealkylation sites (N-methyl/N-ethyl adjacent to an activating group) is 1. The number of benzene rings is 1. The Morgan fingerprint density at radius 1 is 1.35 bits per heavy atom. The first-order valence-corrected chi connectivity index (χ1v) is 7.53. The van der Waals surface area contributed by atoms with Gasteiger partial charge in [-0.25, -0.2) is 0 Å². The Labute approximate surface area is 121 Å². The smallest absolute Gasteiger partial charge is 0.253 e. The van der Waals surface area contributed by atoms with Crippen LogP contribution < -0.4 is 10.6 Å². The molecule has 110 valence electrons. The van der Waals surface area contributed by atoms with Crippen molar-refractivity contribution in [2.24, 2.45) is 0 Å². The largest absolute Gasteiger partial charge is 0.385 e. The molecule has 1 heterocycles. The van der Waals surface area contributed by atoms with Gasteiger partial charge in [-0.15, -0.1) is 0 Å². The molecule has 0 bridgehead atoms. The monoisotopic (exact) mass is 275 g/mol. The summed E-state index contributed by atoms with van der Waals surface area (Å²) in [7, 11) is 2.14. The Hall–Kier alpha value is -1.55. The molecule has 0 aliphatic carbocycles. The lowest BCUT2D eigenvalue weighted by molar-refractivity contribution is 0.0929. The Morgan fingerprint density at radius 2 is 2.15 bits per heavy atom. The first kappa shape index (κ1) is 14.9. The standard InChI is InChI=1S/C16H25N3O/c1-3-17-15-10-5-4-9-14(15)16(20)18-12-13-8-6-7-11-19(13)2/h4-5,9-10,13,17H,3,6-8,11-12H2,1-2H3,(H,18,20). The third kappa shape index (κ3) is 3.73. The highest BCUT2D eigenvalue weighted by Crippen LogP contribution is 2.16. The Kier molecular flexibility index (Phi) is 5.41. The molecule has 1 aromatic carbocycles. The van der Waals surface area contributed by atoms with Crippen LogP contribution in [0.25, 0.3) is 0 Å². The highest BCUT2D eigenvalue weighted by Gasteiger charge is 2.20. The second-order valence-corrected chi connectivity index (χ2v) is 5.42. The van der Waals surface area contributed by atoms with Gasteiger partial charge in [0.25, 0.3) is 5.91 Å². The van der Waals surface area contributed by atoms with Crippen molar-refractivity contribution in [2.75, 3.05) is 32.0 Å². The predicted octanol–water partition coefficient (Wildman–Crippen LogP) is 2.33. The van der Waals surface area contributed by atoms with E-state index in [9.17, 15) is 4.79 Å². The first-order valence-electron chi connectivity index (χ1n) is 7.53. The van der Waals surface area contributed by atoms with Crippen LogP contribution in [-0.4, -0.2) is 43.5 Å². The molecule has 1 amide bonds. The van der Waals surface area contributed by atoms with Crippen molar-refractivity contribution >= 4 is 11.6 Å². The van der Waals surface area contributed by atoms with Gasteiger partial charge in [-0.2, -0.15) is 0 Å². The topological polar surface area (TPSA) is 44.4 Å². The number of carbonyl (C=O) groups is 1. The van der Waals surface area contributed by atoms with E-state index in [1.54, 1.807) is 0 Å². The third-order valence-corrected chi connectivity index (χ3v) is 3.96. The molecule has 1 aromatic rings. The van der Waals surface area contributed by atoms with Crippen LogP contribution in [0.15, 0.2) is 24.3 Å². The fourth-order valence-corrected chi connectivity index (χ4v) is 2.73. The van der Waals surface area contributed by atoms with E-state index in [-0.39, 0.29) is 5.91 Å². The van der Waals surface area contributed by atoms with Crippen molar-refractivity contribution in [3.05, 3.63) is 29.8 Å². The number of rotatable bonds is 5. The molecule has 1 atom stereocenters. The minimum atomic E-state index is 0.0144. The van der Waals surface area contributed by atoms with Crippen LogP contribution in [-0.2, 0) is 0 Å². The van der Waals surface area contributed by atoms with E-state index < -0.39 is 0 Å². The van der Waals surface area contributed by atoms with Gasteiger partial charge in [-0.05, 0) is 45.5 Å². The number of carbonyl (C=O) groups excluding carboxylic acids is 1. The molecule has 1 unspecified atom stereocenters. The number of anilines is 1. The lowest BCUT2D eigenvalue weighted by atomic mass is 10.0. The molecule has 2 N–H and O–H groups in total. The van der Waals surface area contributed by atoms with Gasteiger partial charge >= 0.3 is 0 Å². The van der Waals surface area contributed by atoms with Gasteiger partial charge in [0.15, 0.2) is 0 Å². The summed E-state index contributed by atoms with van der Waals surface area (Å²) in [4.78, 5) is 14.7. The minimum absolute atomic E-state index is 0.0144. The molecule has 1 saturated heterocycles. The Balaban J connectivity index is 1.94. The lowest BCUT2D eigenvalue weighted by Gasteiger charge is -2.32. The summed E-state index contributed by atoms with van der Waals surface area (Å²) < 4.78 is 0.